The van der Waals surface area contributed by atoms with Gasteiger partial charge in [-0.25, -0.2) is 4.98 Å². The summed E-state index contributed by atoms with van der Waals surface area (Å²) in [7, 11) is 4.08. The third-order valence-corrected chi connectivity index (χ3v) is 5.10. The summed E-state index contributed by atoms with van der Waals surface area (Å²) in [6, 6.07) is 4.03. The van der Waals surface area contributed by atoms with E-state index in [9.17, 15) is 0 Å². The molecule has 0 aliphatic heterocycles. The maximum absolute atomic E-state index is 5.54. The summed E-state index contributed by atoms with van der Waals surface area (Å²) in [4.78, 5) is 12.7. The number of aryl methyl sites for hydroxylation is 2. The molecular weight excluding hydrogens is 334 g/mol. The van der Waals surface area contributed by atoms with E-state index < -0.39 is 0 Å². The average molecular weight is 364 g/mol. The first kappa shape index (κ1) is 19.5. The molecule has 0 saturated carbocycles. The van der Waals surface area contributed by atoms with Crippen LogP contribution in [-0.2, 0) is 6.42 Å². The van der Waals surface area contributed by atoms with E-state index >= 15 is 0 Å². The van der Waals surface area contributed by atoms with Crippen LogP contribution in [0.15, 0.2) is 27.8 Å². The Labute approximate surface area is 154 Å². The van der Waals surface area contributed by atoms with Crippen molar-refractivity contribution in [2.24, 2.45) is 4.99 Å². The minimum Gasteiger partial charge on any atom is -0.468 e. The molecule has 0 aliphatic rings. The van der Waals surface area contributed by atoms with Crippen LogP contribution < -0.4 is 10.6 Å². The van der Waals surface area contributed by atoms with E-state index in [-0.39, 0.29) is 6.04 Å². The Balaban J connectivity index is 1.92. The summed E-state index contributed by atoms with van der Waals surface area (Å²) in [6.07, 6.45) is 2.61. The molecule has 0 spiro atoms. The zero-order valence-corrected chi connectivity index (χ0v) is 16.6. The molecule has 0 saturated heterocycles. The Kier molecular flexibility index (Phi) is 7.46. The lowest BCUT2D eigenvalue weighted by Gasteiger charge is -2.21. The normalized spacial score (nSPS) is 13.3. The van der Waals surface area contributed by atoms with Crippen molar-refractivity contribution in [1.29, 1.82) is 0 Å². The molecule has 1 atom stereocenters. The van der Waals surface area contributed by atoms with Gasteiger partial charge in [-0.15, -0.1) is 11.3 Å². The number of aliphatic imine (C=N–C) groups is 1. The third kappa shape index (κ3) is 5.86. The van der Waals surface area contributed by atoms with Gasteiger partial charge in [0.05, 0.1) is 29.6 Å². The first-order valence-electron chi connectivity index (χ1n) is 8.66. The van der Waals surface area contributed by atoms with E-state index in [0.29, 0.717) is 6.54 Å². The predicted molar refractivity (Wildman–Crippen MR) is 104 cm³/mol. The molecule has 2 aromatic heterocycles. The Hall–Kier alpha value is -1.86. The molecular formula is C18H29N5OS. The van der Waals surface area contributed by atoms with E-state index in [1.165, 1.54) is 9.88 Å². The van der Waals surface area contributed by atoms with Crippen LogP contribution in [0.4, 0.5) is 0 Å². The van der Waals surface area contributed by atoms with Gasteiger partial charge in [0.15, 0.2) is 5.96 Å². The highest BCUT2D eigenvalue weighted by molar-refractivity contribution is 7.11. The van der Waals surface area contributed by atoms with Crippen molar-refractivity contribution in [2.45, 2.75) is 33.2 Å². The summed E-state index contributed by atoms with van der Waals surface area (Å²) < 4.78 is 5.54. The van der Waals surface area contributed by atoms with E-state index in [2.05, 4.69) is 41.3 Å². The number of hydrogen-bond donors (Lipinski definition) is 2. The van der Waals surface area contributed by atoms with Gasteiger partial charge in [0.25, 0.3) is 0 Å². The minimum atomic E-state index is 0.120. The van der Waals surface area contributed by atoms with Crippen LogP contribution in [0.2, 0.25) is 0 Å². The van der Waals surface area contributed by atoms with Crippen LogP contribution in [0, 0.1) is 13.8 Å². The van der Waals surface area contributed by atoms with E-state index in [4.69, 9.17) is 9.41 Å². The van der Waals surface area contributed by atoms with Crippen LogP contribution in [0.3, 0.4) is 0 Å². The molecule has 0 fully saturated rings. The molecule has 2 aromatic rings. The number of rotatable bonds is 8. The van der Waals surface area contributed by atoms with Gasteiger partial charge in [-0.05, 0) is 47.0 Å². The largest absolute Gasteiger partial charge is 0.468 e. The van der Waals surface area contributed by atoms with E-state index in [0.717, 1.165) is 36.9 Å². The number of guanidine groups is 1. The number of nitrogens with zero attached hydrogens (tertiary/aromatic N) is 3. The molecule has 1 unspecified atom stereocenters. The Morgan fingerprint density at radius 2 is 2.16 bits per heavy atom. The van der Waals surface area contributed by atoms with Crippen molar-refractivity contribution in [3.63, 3.8) is 0 Å². The van der Waals surface area contributed by atoms with Crippen molar-refractivity contribution < 1.29 is 4.42 Å². The second-order valence-electron chi connectivity index (χ2n) is 6.14. The zero-order chi connectivity index (χ0) is 18.2. The lowest BCUT2D eigenvalue weighted by atomic mass is 10.2. The number of hydrogen-bond acceptors (Lipinski definition) is 5. The van der Waals surface area contributed by atoms with Gasteiger partial charge >= 0.3 is 0 Å². The highest BCUT2D eigenvalue weighted by atomic mass is 32.1. The smallest absolute Gasteiger partial charge is 0.191 e. The lowest BCUT2D eigenvalue weighted by Crippen LogP contribution is -2.39. The summed E-state index contributed by atoms with van der Waals surface area (Å²) in [5.41, 5.74) is 1.13. The van der Waals surface area contributed by atoms with Crippen molar-refractivity contribution >= 4 is 17.3 Å². The third-order valence-electron chi connectivity index (χ3n) is 3.97. The SMILES string of the molecule is CCNC(=NCC(c1ccco1)N(C)C)NCCc1nc(C)c(C)s1. The summed E-state index contributed by atoms with van der Waals surface area (Å²) >= 11 is 1.77. The molecule has 0 aliphatic carbocycles. The molecule has 0 amide bonds. The summed E-state index contributed by atoms with van der Waals surface area (Å²) in [5, 5.41) is 7.86. The van der Waals surface area contributed by atoms with Gasteiger partial charge in [0, 0.05) is 24.4 Å². The number of furan rings is 1. The van der Waals surface area contributed by atoms with Crippen LogP contribution in [0.5, 0.6) is 0 Å². The lowest BCUT2D eigenvalue weighted by molar-refractivity contribution is 0.265. The predicted octanol–water partition coefficient (Wildman–Crippen LogP) is 2.75. The van der Waals surface area contributed by atoms with E-state index in [1.807, 2.05) is 26.2 Å². The number of thiazole rings is 1. The zero-order valence-electron chi connectivity index (χ0n) is 15.8. The first-order valence-corrected chi connectivity index (χ1v) is 9.47. The summed E-state index contributed by atoms with van der Waals surface area (Å²) in [5.74, 6) is 1.75. The van der Waals surface area contributed by atoms with Gasteiger partial charge < -0.3 is 15.1 Å². The second kappa shape index (κ2) is 9.58. The Morgan fingerprint density at radius 3 is 2.72 bits per heavy atom. The maximum atomic E-state index is 5.54. The molecule has 0 bridgehead atoms. The topological polar surface area (TPSA) is 65.7 Å². The second-order valence-corrected chi connectivity index (χ2v) is 7.43. The monoisotopic (exact) mass is 363 g/mol. The molecule has 0 radical (unpaired) electrons. The fraction of sp³-hybridized carbons (Fsp3) is 0.556. The maximum Gasteiger partial charge on any atom is 0.191 e. The molecule has 138 valence electrons. The molecule has 2 heterocycles. The van der Waals surface area contributed by atoms with Crippen molar-refractivity contribution in [3.05, 3.63) is 39.7 Å². The molecule has 0 aromatic carbocycles. The first-order chi connectivity index (χ1) is 12.0. The fourth-order valence-electron chi connectivity index (χ4n) is 2.44. The molecule has 6 nitrogen and oxygen atoms in total. The van der Waals surface area contributed by atoms with Crippen molar-refractivity contribution in [2.75, 3.05) is 33.7 Å². The van der Waals surface area contributed by atoms with Crippen molar-refractivity contribution in [1.82, 2.24) is 20.5 Å². The van der Waals surface area contributed by atoms with Crippen LogP contribution in [0.25, 0.3) is 0 Å². The Bertz CT molecular complexity index is 644. The van der Waals surface area contributed by atoms with Crippen LogP contribution >= 0.6 is 11.3 Å². The highest BCUT2D eigenvalue weighted by Crippen LogP contribution is 2.19. The average Bonchev–Trinajstić information content (AvgIpc) is 3.18. The molecule has 2 N–H and O–H groups in total. The summed E-state index contributed by atoms with van der Waals surface area (Å²) in [6.45, 7) is 8.52. The van der Waals surface area contributed by atoms with Gasteiger partial charge in [-0.1, -0.05) is 0 Å². The standard InChI is InChI=1S/C18H29N5OS/c1-6-19-18(20-10-9-17-22-13(2)14(3)25-17)21-12-15(23(4)5)16-8-7-11-24-16/h7-8,11,15H,6,9-10,12H2,1-5H3,(H2,19,20,21). The van der Waals surface area contributed by atoms with Gasteiger partial charge in [-0.3, -0.25) is 9.89 Å². The van der Waals surface area contributed by atoms with Crippen LogP contribution in [-0.4, -0.2) is 49.6 Å². The molecule has 2 rings (SSSR count). The quantitative estimate of drug-likeness (QED) is 0.558. The van der Waals surface area contributed by atoms with E-state index in [1.54, 1.807) is 17.6 Å². The fourth-order valence-corrected chi connectivity index (χ4v) is 3.38. The van der Waals surface area contributed by atoms with Gasteiger partial charge in [-0.2, -0.15) is 0 Å². The Morgan fingerprint density at radius 1 is 1.36 bits per heavy atom. The molecule has 25 heavy (non-hydrogen) atoms. The highest BCUT2D eigenvalue weighted by Gasteiger charge is 2.16. The molecule has 7 heteroatoms. The minimum absolute atomic E-state index is 0.120. The van der Waals surface area contributed by atoms with Crippen LogP contribution in [0.1, 0.15) is 34.3 Å². The number of likely N-dealkylation sites (N-methyl/N-ethyl adjacent to an activating group) is 1. The number of aromatic nitrogens is 1. The van der Waals surface area contributed by atoms with Gasteiger partial charge in [0.1, 0.15) is 5.76 Å². The number of nitrogens with one attached hydrogen (secondary N) is 2. The van der Waals surface area contributed by atoms with Gasteiger partial charge in [0.2, 0.25) is 0 Å². The van der Waals surface area contributed by atoms with Crippen molar-refractivity contribution in [3.8, 4) is 0 Å².